The molecule has 6 nitrogen and oxygen atoms in total. The van der Waals surface area contributed by atoms with Gasteiger partial charge in [0.2, 0.25) is 5.91 Å². The number of amides is 1. The van der Waals surface area contributed by atoms with Gasteiger partial charge in [0, 0.05) is 26.0 Å². The van der Waals surface area contributed by atoms with Gasteiger partial charge >= 0.3 is 5.97 Å². The van der Waals surface area contributed by atoms with Crippen molar-refractivity contribution in [3.8, 4) is 0 Å². The highest BCUT2D eigenvalue weighted by Crippen LogP contribution is 1.99. The van der Waals surface area contributed by atoms with Crippen LogP contribution in [0, 0.1) is 0 Å². The van der Waals surface area contributed by atoms with Gasteiger partial charge in [-0.2, -0.15) is 0 Å². The number of aliphatic carboxylic acids is 1. The predicted octanol–water partition coefficient (Wildman–Crippen LogP) is 0.147. The Morgan fingerprint density at radius 1 is 1.06 bits per heavy atom. The summed E-state index contributed by atoms with van der Waals surface area (Å²) in [6, 6.07) is 0. The Kier molecular flexibility index (Phi) is 10.6. The highest BCUT2D eigenvalue weighted by atomic mass is 16.5. The molecule has 0 heterocycles. The van der Waals surface area contributed by atoms with Crippen LogP contribution < -0.4 is 5.32 Å². The summed E-state index contributed by atoms with van der Waals surface area (Å²) in [7, 11) is 0. The first-order valence-electron chi connectivity index (χ1n) is 5.84. The first kappa shape index (κ1) is 15.9. The Bertz CT molecular complexity index is 220. The minimum atomic E-state index is -0.827. The van der Waals surface area contributed by atoms with E-state index in [2.05, 4.69) is 5.32 Å². The second kappa shape index (κ2) is 11.3. The number of rotatable bonds is 11. The number of hydrogen-bond acceptors (Lipinski definition) is 4. The van der Waals surface area contributed by atoms with Crippen molar-refractivity contribution in [1.29, 1.82) is 0 Å². The van der Waals surface area contributed by atoms with Crippen LogP contribution >= 0.6 is 0 Å². The number of carbonyl (C=O) groups excluding carboxylic acids is 1. The zero-order valence-corrected chi connectivity index (χ0v) is 9.98. The van der Waals surface area contributed by atoms with E-state index >= 15 is 0 Å². The molecule has 17 heavy (non-hydrogen) atoms. The fourth-order valence-corrected chi connectivity index (χ4v) is 1.22. The van der Waals surface area contributed by atoms with Gasteiger partial charge in [-0.25, -0.2) is 0 Å². The summed E-state index contributed by atoms with van der Waals surface area (Å²) in [6.07, 6.45) is 2.31. The second-order valence-corrected chi connectivity index (χ2v) is 3.64. The molecule has 0 saturated heterocycles. The van der Waals surface area contributed by atoms with Gasteiger partial charge in [0.25, 0.3) is 0 Å². The van der Waals surface area contributed by atoms with Gasteiger partial charge in [0.1, 0.15) is 0 Å². The number of hydrogen-bond donors (Lipinski definition) is 3. The molecule has 1 amide bonds. The highest BCUT2D eigenvalue weighted by Gasteiger charge is 2.02. The molecule has 0 aromatic heterocycles. The third-order valence-corrected chi connectivity index (χ3v) is 2.07. The Morgan fingerprint density at radius 3 is 2.41 bits per heavy atom. The van der Waals surface area contributed by atoms with Gasteiger partial charge in [-0.1, -0.05) is 0 Å². The van der Waals surface area contributed by atoms with E-state index in [0.29, 0.717) is 45.4 Å². The van der Waals surface area contributed by atoms with Crippen molar-refractivity contribution in [2.45, 2.75) is 32.1 Å². The lowest BCUT2D eigenvalue weighted by Crippen LogP contribution is -2.25. The molecule has 0 aliphatic heterocycles. The number of aliphatic hydroxyl groups excluding tert-OH is 1. The van der Waals surface area contributed by atoms with Crippen molar-refractivity contribution in [3.05, 3.63) is 0 Å². The first-order chi connectivity index (χ1) is 8.16. The van der Waals surface area contributed by atoms with Crippen molar-refractivity contribution in [1.82, 2.24) is 5.32 Å². The van der Waals surface area contributed by atoms with Crippen LogP contribution in [0.4, 0.5) is 0 Å². The van der Waals surface area contributed by atoms with Gasteiger partial charge in [0.05, 0.1) is 13.2 Å². The molecule has 0 rings (SSSR count). The fourth-order valence-electron chi connectivity index (χ4n) is 1.22. The summed E-state index contributed by atoms with van der Waals surface area (Å²) in [5.41, 5.74) is 0. The zero-order chi connectivity index (χ0) is 12.9. The molecule has 0 aliphatic carbocycles. The largest absolute Gasteiger partial charge is 0.481 e. The Balaban J connectivity index is 3.20. The Labute approximate surface area is 101 Å². The van der Waals surface area contributed by atoms with Crippen LogP contribution in [0.3, 0.4) is 0 Å². The number of ether oxygens (including phenoxy) is 1. The van der Waals surface area contributed by atoms with E-state index in [1.54, 1.807) is 0 Å². The maximum Gasteiger partial charge on any atom is 0.303 e. The summed E-state index contributed by atoms with van der Waals surface area (Å²) >= 11 is 0. The molecule has 100 valence electrons. The maximum absolute atomic E-state index is 11.2. The van der Waals surface area contributed by atoms with Crippen molar-refractivity contribution in [3.63, 3.8) is 0 Å². The Hall–Kier alpha value is -1.14. The number of nitrogens with one attached hydrogen (secondary N) is 1. The molecule has 0 atom stereocenters. The SMILES string of the molecule is O=C(O)CCCCC(=O)NCCCOCCO. The van der Waals surface area contributed by atoms with Gasteiger partial charge in [-0.3, -0.25) is 9.59 Å². The molecular formula is C11H21NO5. The second-order valence-electron chi connectivity index (χ2n) is 3.64. The number of carboxylic acids is 1. The third-order valence-electron chi connectivity index (χ3n) is 2.07. The molecule has 0 aliphatic rings. The van der Waals surface area contributed by atoms with E-state index in [9.17, 15) is 9.59 Å². The zero-order valence-electron chi connectivity index (χ0n) is 9.98. The van der Waals surface area contributed by atoms with Gasteiger partial charge in [-0.05, 0) is 19.3 Å². The van der Waals surface area contributed by atoms with Gasteiger partial charge in [-0.15, -0.1) is 0 Å². The highest BCUT2D eigenvalue weighted by molar-refractivity contribution is 5.75. The lowest BCUT2D eigenvalue weighted by atomic mass is 10.2. The van der Waals surface area contributed by atoms with Crippen LogP contribution in [0.25, 0.3) is 0 Å². The predicted molar refractivity (Wildman–Crippen MR) is 61.6 cm³/mol. The summed E-state index contributed by atoms with van der Waals surface area (Å²) in [6.45, 7) is 1.39. The van der Waals surface area contributed by atoms with Crippen LogP contribution in [0.2, 0.25) is 0 Å². The molecule has 6 heteroatoms. The average molecular weight is 247 g/mol. The number of unbranched alkanes of at least 4 members (excludes halogenated alkanes) is 1. The molecular weight excluding hydrogens is 226 g/mol. The van der Waals surface area contributed by atoms with Crippen LogP contribution in [0.1, 0.15) is 32.1 Å². The lowest BCUT2D eigenvalue weighted by Gasteiger charge is -2.05. The van der Waals surface area contributed by atoms with Crippen molar-refractivity contribution >= 4 is 11.9 Å². The van der Waals surface area contributed by atoms with Crippen molar-refractivity contribution < 1.29 is 24.5 Å². The first-order valence-corrected chi connectivity index (χ1v) is 5.84. The average Bonchev–Trinajstić information content (AvgIpc) is 2.29. The quantitative estimate of drug-likeness (QED) is 0.451. The van der Waals surface area contributed by atoms with E-state index in [1.165, 1.54) is 0 Å². The molecule has 0 bridgehead atoms. The van der Waals surface area contributed by atoms with Gasteiger partial charge in [0.15, 0.2) is 0 Å². The number of aliphatic hydroxyl groups is 1. The van der Waals surface area contributed by atoms with Crippen LogP contribution in [0.15, 0.2) is 0 Å². The standard InChI is InChI=1S/C11H21NO5/c13-7-9-17-8-3-6-12-10(14)4-1-2-5-11(15)16/h13H,1-9H2,(H,12,14)(H,15,16). The fraction of sp³-hybridized carbons (Fsp3) is 0.818. The normalized spacial score (nSPS) is 10.2. The minimum absolute atomic E-state index is 0.00986. The van der Waals surface area contributed by atoms with E-state index in [4.69, 9.17) is 14.9 Å². The van der Waals surface area contributed by atoms with E-state index in [1.807, 2.05) is 0 Å². The van der Waals surface area contributed by atoms with E-state index in [-0.39, 0.29) is 18.9 Å². The minimum Gasteiger partial charge on any atom is -0.481 e. The number of carbonyl (C=O) groups is 2. The van der Waals surface area contributed by atoms with Gasteiger partial charge < -0.3 is 20.3 Å². The van der Waals surface area contributed by atoms with E-state index in [0.717, 1.165) is 0 Å². The molecule has 0 unspecified atom stereocenters. The molecule has 0 aromatic carbocycles. The van der Waals surface area contributed by atoms with Crippen LogP contribution in [-0.2, 0) is 14.3 Å². The van der Waals surface area contributed by atoms with Crippen molar-refractivity contribution in [2.24, 2.45) is 0 Å². The molecule has 0 aromatic rings. The topological polar surface area (TPSA) is 95.9 Å². The summed E-state index contributed by atoms with van der Waals surface area (Å²) in [5, 5.41) is 19.5. The molecule has 0 radical (unpaired) electrons. The lowest BCUT2D eigenvalue weighted by molar-refractivity contribution is -0.137. The molecule has 0 saturated carbocycles. The van der Waals surface area contributed by atoms with E-state index < -0.39 is 5.97 Å². The summed E-state index contributed by atoms with van der Waals surface area (Å²) in [5.74, 6) is -0.885. The van der Waals surface area contributed by atoms with Crippen LogP contribution in [-0.4, -0.2) is 48.5 Å². The third kappa shape index (κ3) is 12.8. The Morgan fingerprint density at radius 2 is 1.76 bits per heavy atom. The smallest absolute Gasteiger partial charge is 0.303 e. The molecule has 0 spiro atoms. The molecule has 0 fully saturated rings. The van der Waals surface area contributed by atoms with Crippen molar-refractivity contribution in [2.75, 3.05) is 26.4 Å². The number of carboxylic acid groups (broad SMARTS) is 1. The monoisotopic (exact) mass is 247 g/mol. The summed E-state index contributed by atoms with van der Waals surface area (Å²) in [4.78, 5) is 21.4. The van der Waals surface area contributed by atoms with Crippen LogP contribution in [0.5, 0.6) is 0 Å². The maximum atomic E-state index is 11.2. The molecule has 3 N–H and O–H groups in total. The summed E-state index contributed by atoms with van der Waals surface area (Å²) < 4.78 is 5.02.